The summed E-state index contributed by atoms with van der Waals surface area (Å²) in [4.78, 5) is 186. The lowest BCUT2D eigenvalue weighted by molar-refractivity contribution is -0.282. The van der Waals surface area contributed by atoms with Crippen LogP contribution in [0.4, 0.5) is 15.3 Å². The lowest BCUT2D eigenvalue weighted by Crippen LogP contribution is -2.64. The maximum atomic E-state index is 15.3. The molecule has 2 saturated heterocycles. The van der Waals surface area contributed by atoms with Gasteiger partial charge in [0.05, 0.1) is 49.8 Å². The normalized spacial score (nSPS) is 19.8. The van der Waals surface area contributed by atoms with E-state index in [4.69, 9.17) is 52.1 Å². The van der Waals surface area contributed by atoms with Gasteiger partial charge in [-0.3, -0.25) is 48.1 Å². The summed E-state index contributed by atoms with van der Waals surface area (Å²) < 4.78 is 64.4. The lowest BCUT2D eigenvalue weighted by atomic mass is 9.89. The van der Waals surface area contributed by atoms with Crippen molar-refractivity contribution >= 4 is 83.2 Å². The van der Waals surface area contributed by atoms with E-state index in [1.54, 1.807) is 118 Å². The molecule has 3 aliphatic rings. The predicted molar refractivity (Wildman–Crippen MR) is 435 cm³/mol. The first-order valence-electron chi connectivity index (χ1n) is 40.3. The van der Waals surface area contributed by atoms with Crippen LogP contribution < -0.4 is 31.3 Å². The zero-order chi connectivity index (χ0) is 88.4. The molecule has 32 heteroatoms. The third kappa shape index (κ3) is 24.5. The number of carbonyl (C=O) groups is 13. The minimum absolute atomic E-state index is 0.0358. The van der Waals surface area contributed by atoms with Crippen LogP contribution in [0, 0.1) is 29.6 Å². The Labute approximate surface area is 696 Å². The monoisotopic (exact) mass is 1660 g/mol. The number of carbonyl (C=O) groups excluding carboxylic acids is 13. The number of methoxy groups -OCH3 is 3. The molecular formula is C87H120N8O24. The van der Waals surface area contributed by atoms with E-state index >= 15 is 4.79 Å². The van der Waals surface area contributed by atoms with Crippen LogP contribution >= 0.6 is 0 Å². The van der Waals surface area contributed by atoms with Gasteiger partial charge in [0.25, 0.3) is 0 Å². The smallest absolute Gasteiger partial charge is 0.410 e. The van der Waals surface area contributed by atoms with E-state index in [9.17, 15) is 57.5 Å². The summed E-state index contributed by atoms with van der Waals surface area (Å²) in [7, 11) is 6.97. The molecule has 5 N–H and O–H groups in total. The number of hydrogen-bond donors (Lipinski definition) is 5. The van der Waals surface area contributed by atoms with Crippen molar-refractivity contribution in [3.8, 4) is 16.9 Å². The highest BCUT2D eigenvalue weighted by molar-refractivity contribution is 6.00. The van der Waals surface area contributed by atoms with E-state index in [0.717, 1.165) is 56.2 Å². The largest absolute Gasteiger partial charge is 0.467 e. The molecular weight excluding hydrogens is 1540 g/mol. The van der Waals surface area contributed by atoms with Gasteiger partial charge in [0.15, 0.2) is 18.3 Å². The Kier molecular flexibility index (Phi) is 34.3. The molecule has 4 aromatic carbocycles. The molecule has 2 aliphatic heterocycles. The first-order chi connectivity index (χ1) is 56.1. The average molecular weight is 1660 g/mol. The van der Waals surface area contributed by atoms with Crippen molar-refractivity contribution < 1.29 is 114 Å². The molecule has 0 radical (unpaired) electrons. The van der Waals surface area contributed by atoms with E-state index in [2.05, 4.69) is 26.6 Å². The second kappa shape index (κ2) is 42.8. The number of nitrogens with one attached hydrogen (secondary N) is 5. The Morgan fingerprint density at radius 3 is 1.75 bits per heavy atom. The molecule has 119 heavy (non-hydrogen) atoms. The number of ether oxygens (including phenoxy) is 11. The van der Waals surface area contributed by atoms with Crippen LogP contribution in [0.5, 0.6) is 5.75 Å². The van der Waals surface area contributed by atoms with Crippen LogP contribution in [0.2, 0.25) is 0 Å². The van der Waals surface area contributed by atoms with Crippen LogP contribution in [0.25, 0.3) is 11.1 Å². The average Bonchev–Trinajstić information content (AvgIpc) is 1.67. The van der Waals surface area contributed by atoms with Crippen molar-refractivity contribution in [3.63, 3.8) is 0 Å². The number of nitrogens with zero attached hydrogens (tertiary/aromatic N) is 3. The molecule has 1 aliphatic carbocycles. The molecule has 2 heterocycles. The Hall–Kier alpha value is -10.7. The number of amides is 8. The van der Waals surface area contributed by atoms with Crippen LogP contribution in [-0.4, -0.2) is 232 Å². The molecule has 32 nitrogen and oxygen atoms in total. The van der Waals surface area contributed by atoms with Crippen molar-refractivity contribution in [2.75, 3.05) is 53.9 Å². The Morgan fingerprint density at radius 1 is 0.622 bits per heavy atom. The molecule has 17 atom stereocenters. The van der Waals surface area contributed by atoms with Gasteiger partial charge in [0.2, 0.25) is 47.8 Å². The molecule has 2 fully saturated rings. The standard InChI is InChI=1S/C87H120N8O24/c1-23-48(8)70(93(18)81(104)68(46(4)5)91-80(103)69(47(6)7)94(19)86(108)119-87(15,16)17)65(109-20)43-66(99)95-41-31-38-63(95)71(110-21)49(9)77(100)88-50(10)72(55-32-25-24-26-33-55)117-82(105)61-40-39-56(42-64(61)116-84-76(115-54(14)98)74(114-53(13)97)73(113-52(12)96)75(118-84)83(106)111-22)90-78(101)51(11)89-79(102)67(45(2)3)92-85(107)112-44-62-59-36-29-27-34-57(59)58-35-28-30-37-60(58)62/h24-30,32-37,39-40,42,45-51,62-63,65,67-76,84H,23,31,38,41,43-44H2,1-22H3,(H,88,100)(H,89,102)(H,90,101)(H,91,103)(H,92,107)/t48-,49+,50+,51-,63-,65+,67-,68-,69-,70-,71+,72+,73?,74?,75?,76?,84?/m0/s1. The molecule has 5 unspecified atom stereocenters. The Bertz CT molecular complexity index is 4200. The second-order valence-corrected chi connectivity index (χ2v) is 32.5. The van der Waals surface area contributed by atoms with Gasteiger partial charge in [-0.1, -0.05) is 148 Å². The maximum absolute atomic E-state index is 15.3. The zero-order valence-electron chi connectivity index (χ0n) is 72.2. The maximum Gasteiger partial charge on any atom is 0.410 e. The van der Waals surface area contributed by atoms with Gasteiger partial charge in [0.1, 0.15) is 53.8 Å². The van der Waals surface area contributed by atoms with Gasteiger partial charge < -0.3 is 88.5 Å². The number of rotatable bonds is 36. The van der Waals surface area contributed by atoms with Crippen molar-refractivity contribution in [3.05, 3.63) is 119 Å². The summed E-state index contributed by atoms with van der Waals surface area (Å²) in [6.45, 7) is 27.4. The molecule has 652 valence electrons. The fraction of sp³-hybridized carbons (Fsp3) is 0.575. The molecule has 7 rings (SSSR count). The number of likely N-dealkylation sites (N-methyl/N-ethyl adjacent to an activating group) is 2. The van der Waals surface area contributed by atoms with Crippen molar-refractivity contribution in [1.29, 1.82) is 0 Å². The number of benzene rings is 4. The van der Waals surface area contributed by atoms with Gasteiger partial charge in [-0.25, -0.2) is 19.2 Å². The number of alkyl carbamates (subject to hydrolysis) is 1. The molecule has 8 amide bonds. The Balaban J connectivity index is 1.13. The first-order valence-corrected chi connectivity index (χ1v) is 40.3. The summed E-state index contributed by atoms with van der Waals surface area (Å²) in [6, 6.07) is 20.6. The lowest BCUT2D eigenvalue weighted by Gasteiger charge is -2.43. The number of hydrogen-bond acceptors (Lipinski definition) is 24. The number of likely N-dealkylation sites (tertiary alicyclic amines) is 1. The molecule has 0 aromatic heterocycles. The topological polar surface area (TPSA) is 393 Å². The zero-order valence-corrected chi connectivity index (χ0v) is 72.2. The fourth-order valence-electron chi connectivity index (χ4n) is 15.5. The van der Waals surface area contributed by atoms with Crippen molar-refractivity contribution in [2.45, 2.75) is 246 Å². The van der Waals surface area contributed by atoms with Gasteiger partial charge in [-0.2, -0.15) is 0 Å². The van der Waals surface area contributed by atoms with Gasteiger partial charge in [-0.05, 0) is 111 Å². The van der Waals surface area contributed by atoms with Gasteiger partial charge >= 0.3 is 42.0 Å². The third-order valence-electron chi connectivity index (χ3n) is 21.5. The summed E-state index contributed by atoms with van der Waals surface area (Å²) in [5.41, 5.74) is 3.00. The summed E-state index contributed by atoms with van der Waals surface area (Å²) >= 11 is 0. The number of fused-ring (bicyclic) bond motifs is 3. The Morgan fingerprint density at radius 2 is 1.20 bits per heavy atom. The van der Waals surface area contributed by atoms with E-state index in [1.807, 2.05) is 62.4 Å². The highest BCUT2D eigenvalue weighted by Crippen LogP contribution is 2.45. The fourth-order valence-corrected chi connectivity index (χ4v) is 15.5. The van der Waals surface area contributed by atoms with Crippen molar-refractivity contribution in [1.82, 2.24) is 36.0 Å². The number of esters is 5. The first kappa shape index (κ1) is 95.4. The second-order valence-electron chi connectivity index (χ2n) is 32.5. The predicted octanol–water partition coefficient (Wildman–Crippen LogP) is 9.12. The molecule has 0 saturated carbocycles. The summed E-state index contributed by atoms with van der Waals surface area (Å²) in [5, 5.41) is 13.9. The van der Waals surface area contributed by atoms with E-state index < -0.39 is 198 Å². The van der Waals surface area contributed by atoms with Crippen LogP contribution in [0.3, 0.4) is 0 Å². The van der Waals surface area contributed by atoms with Gasteiger partial charge in [0, 0.05) is 73.3 Å². The molecule has 4 aromatic rings. The minimum atomic E-state index is -2.06. The summed E-state index contributed by atoms with van der Waals surface area (Å²) in [6.07, 6.45) is -13.0. The van der Waals surface area contributed by atoms with E-state index in [0.29, 0.717) is 31.4 Å². The van der Waals surface area contributed by atoms with Crippen LogP contribution in [0.1, 0.15) is 182 Å². The van der Waals surface area contributed by atoms with E-state index in [-0.39, 0.29) is 42.4 Å². The van der Waals surface area contributed by atoms with Crippen molar-refractivity contribution in [2.24, 2.45) is 29.6 Å². The number of anilines is 1. The quantitative estimate of drug-likeness (QED) is 0.0209. The van der Waals surface area contributed by atoms with Gasteiger partial charge in [-0.15, -0.1) is 0 Å². The van der Waals surface area contributed by atoms with Crippen LogP contribution in [0.15, 0.2) is 97.1 Å². The molecule has 0 spiro atoms. The summed E-state index contributed by atoms with van der Waals surface area (Å²) in [5.74, 6) is -12.1. The highest BCUT2D eigenvalue weighted by atomic mass is 16.7. The SMILES string of the molecule is CC[C@H](C)[C@@H]([C@@H](CC(=O)N1CCC[C@H]1[C@H](OC)[C@@H](C)C(=O)N[C@H](C)[C@@H](OC(=O)c1ccc(NC(=O)[C@H](C)NC(=O)[C@@H](NC(=O)OCC2c3ccccc3-c3ccccc32)C(C)C)cc1OC1OC(C(=O)OC)C(OC(C)=O)C(OC(C)=O)C1OC(C)=O)c1ccccc1)OC)N(C)C(=O)[C@@H](NC(=O)[C@H](C(C)C)N(C)C(=O)OC(C)(C)C)C(C)C. The van der Waals surface area contributed by atoms with Crippen LogP contribution in [-0.2, 0) is 95.3 Å². The minimum Gasteiger partial charge on any atom is -0.467 e. The third-order valence-corrected chi connectivity index (χ3v) is 21.5. The van der Waals surface area contributed by atoms with E-state index in [1.165, 1.54) is 50.1 Å². The molecule has 0 bridgehead atoms. The highest BCUT2D eigenvalue weighted by Gasteiger charge is 2.56.